The fraction of sp³-hybridized carbons (Fsp3) is 0.143. The minimum Gasteiger partial charge on any atom is -0.207 e. The zero-order valence-electron chi connectivity index (χ0n) is 9.29. The minimum absolute atomic E-state index is 0.0966. The van der Waals surface area contributed by atoms with Crippen LogP contribution in [0.5, 0.6) is 0 Å². The van der Waals surface area contributed by atoms with Crippen molar-refractivity contribution in [2.45, 2.75) is 9.65 Å². The molecule has 0 aromatic heterocycles. The number of alkyl halides is 2. The van der Waals surface area contributed by atoms with Crippen LogP contribution in [0.1, 0.15) is 20.8 Å². The van der Waals surface area contributed by atoms with E-state index in [2.05, 4.69) is 59.9 Å². The highest BCUT2D eigenvalue weighted by Crippen LogP contribution is 2.42. The van der Waals surface area contributed by atoms with Crippen molar-refractivity contribution >= 4 is 47.8 Å². The van der Waals surface area contributed by atoms with Crippen LogP contribution in [-0.2, 0) is 0 Å². The van der Waals surface area contributed by atoms with Gasteiger partial charge in [-0.1, -0.05) is 72.1 Å². The van der Waals surface area contributed by atoms with Crippen molar-refractivity contribution in [3.8, 4) is 0 Å². The highest BCUT2D eigenvalue weighted by atomic mass is 79.9. The number of rotatable bonds is 3. The summed E-state index contributed by atoms with van der Waals surface area (Å²) in [6.45, 7) is 0. The summed E-state index contributed by atoms with van der Waals surface area (Å²) in [5.74, 6) is -0.215. The number of halogens is 4. The summed E-state index contributed by atoms with van der Waals surface area (Å²) in [4.78, 5) is 0.232. The zero-order chi connectivity index (χ0) is 13.1. The summed E-state index contributed by atoms with van der Waals surface area (Å²) in [6.07, 6.45) is 0. The van der Waals surface area contributed by atoms with E-state index in [4.69, 9.17) is 0 Å². The third-order valence-electron chi connectivity index (χ3n) is 2.63. The van der Waals surface area contributed by atoms with Gasteiger partial charge in [0.25, 0.3) is 0 Å². The topological polar surface area (TPSA) is 0 Å². The van der Waals surface area contributed by atoms with Crippen molar-refractivity contribution in [1.29, 1.82) is 0 Å². The lowest BCUT2D eigenvalue weighted by Gasteiger charge is -2.17. The van der Waals surface area contributed by atoms with E-state index in [1.165, 1.54) is 17.7 Å². The van der Waals surface area contributed by atoms with Gasteiger partial charge >= 0.3 is 0 Å². The molecule has 2 rings (SSSR count). The summed E-state index contributed by atoms with van der Waals surface area (Å²) in [5.41, 5.74) is 2.21. The van der Waals surface area contributed by atoms with Crippen LogP contribution in [0.2, 0.25) is 0 Å². The Balaban J connectivity index is 2.20. The Bertz CT molecular complexity index is 458. The first kappa shape index (κ1) is 14.2. The van der Waals surface area contributed by atoms with E-state index < -0.39 is 0 Å². The zero-order valence-corrected chi connectivity index (χ0v) is 14.0. The molecule has 18 heavy (non-hydrogen) atoms. The average molecular weight is 437 g/mol. The van der Waals surface area contributed by atoms with Gasteiger partial charge in [-0.2, -0.15) is 0 Å². The molecule has 0 saturated heterocycles. The molecule has 2 aromatic rings. The third-order valence-corrected chi connectivity index (χ3v) is 5.99. The molecule has 0 aliphatic carbocycles. The molecule has 0 saturated carbocycles. The van der Waals surface area contributed by atoms with Gasteiger partial charge in [0.2, 0.25) is 0 Å². The molecule has 0 fully saturated rings. The molecule has 0 bridgehead atoms. The molecule has 2 atom stereocenters. The van der Waals surface area contributed by atoms with Gasteiger partial charge in [-0.3, -0.25) is 0 Å². The Morgan fingerprint density at radius 1 is 0.722 bits per heavy atom. The smallest absolute Gasteiger partial charge is 0.123 e. The third kappa shape index (κ3) is 3.43. The highest BCUT2D eigenvalue weighted by molar-refractivity contribution is 9.12. The van der Waals surface area contributed by atoms with E-state index in [1.54, 1.807) is 12.1 Å². The van der Waals surface area contributed by atoms with Gasteiger partial charge in [0.15, 0.2) is 0 Å². The van der Waals surface area contributed by atoms with Gasteiger partial charge in [0.1, 0.15) is 5.82 Å². The lowest BCUT2D eigenvalue weighted by Crippen LogP contribution is -1.99. The lowest BCUT2D eigenvalue weighted by atomic mass is 10.0. The van der Waals surface area contributed by atoms with Crippen molar-refractivity contribution in [2.24, 2.45) is 0 Å². The van der Waals surface area contributed by atoms with Crippen molar-refractivity contribution in [1.82, 2.24) is 0 Å². The van der Waals surface area contributed by atoms with Gasteiger partial charge in [-0.25, -0.2) is 4.39 Å². The molecular formula is C14H10Br3F. The predicted octanol–water partition coefficient (Wildman–Crippen LogP) is 6.16. The van der Waals surface area contributed by atoms with Crippen molar-refractivity contribution in [2.75, 3.05) is 0 Å². The Morgan fingerprint density at radius 3 is 1.56 bits per heavy atom. The van der Waals surface area contributed by atoms with Crippen LogP contribution >= 0.6 is 47.8 Å². The molecule has 0 spiro atoms. The number of hydrogen-bond acceptors (Lipinski definition) is 0. The molecule has 0 nitrogen and oxygen atoms in total. The molecule has 0 amide bonds. The molecule has 0 aliphatic heterocycles. The highest BCUT2D eigenvalue weighted by Gasteiger charge is 2.19. The van der Waals surface area contributed by atoms with Gasteiger partial charge in [-0.05, 0) is 35.4 Å². The van der Waals surface area contributed by atoms with Crippen molar-refractivity contribution < 1.29 is 4.39 Å². The van der Waals surface area contributed by atoms with Crippen LogP contribution in [0.4, 0.5) is 4.39 Å². The van der Waals surface area contributed by atoms with E-state index in [9.17, 15) is 4.39 Å². The summed E-state index contributed by atoms with van der Waals surface area (Å²) in [7, 11) is 0. The first-order valence-electron chi connectivity index (χ1n) is 5.37. The van der Waals surface area contributed by atoms with Gasteiger partial charge in [0.05, 0.1) is 9.65 Å². The Kier molecular flexibility index (Phi) is 4.98. The van der Waals surface area contributed by atoms with E-state index >= 15 is 0 Å². The summed E-state index contributed by atoms with van der Waals surface area (Å²) in [5, 5.41) is 0. The van der Waals surface area contributed by atoms with Crippen LogP contribution in [-0.4, -0.2) is 0 Å². The van der Waals surface area contributed by atoms with E-state index in [-0.39, 0.29) is 15.5 Å². The molecule has 0 heterocycles. The second-order valence-corrected chi connectivity index (χ2v) is 6.80. The van der Waals surface area contributed by atoms with Crippen LogP contribution in [0.25, 0.3) is 0 Å². The van der Waals surface area contributed by atoms with Crippen molar-refractivity contribution in [3.63, 3.8) is 0 Å². The van der Waals surface area contributed by atoms with Crippen LogP contribution in [0.15, 0.2) is 53.0 Å². The van der Waals surface area contributed by atoms with Crippen LogP contribution in [0, 0.1) is 5.82 Å². The van der Waals surface area contributed by atoms with Crippen LogP contribution < -0.4 is 0 Å². The lowest BCUT2D eigenvalue weighted by molar-refractivity contribution is 0.627. The summed E-state index contributed by atoms with van der Waals surface area (Å²) < 4.78 is 13.9. The molecule has 0 N–H and O–H groups in total. The van der Waals surface area contributed by atoms with Gasteiger partial charge in [-0.15, -0.1) is 0 Å². The molecule has 94 valence electrons. The van der Waals surface area contributed by atoms with Gasteiger partial charge in [0, 0.05) is 4.47 Å². The molecule has 2 aromatic carbocycles. The Morgan fingerprint density at radius 2 is 1.11 bits per heavy atom. The fourth-order valence-corrected chi connectivity index (χ4v) is 3.12. The maximum Gasteiger partial charge on any atom is 0.123 e. The molecule has 0 unspecified atom stereocenters. The second kappa shape index (κ2) is 6.31. The van der Waals surface area contributed by atoms with Crippen LogP contribution in [0.3, 0.4) is 0 Å². The Labute approximate surface area is 131 Å². The number of hydrogen-bond donors (Lipinski definition) is 0. The molecule has 0 aliphatic rings. The van der Waals surface area contributed by atoms with Crippen molar-refractivity contribution in [3.05, 3.63) is 69.9 Å². The van der Waals surface area contributed by atoms with E-state index in [1.807, 2.05) is 12.1 Å². The quantitative estimate of drug-likeness (QED) is 0.505. The standard InChI is InChI=1S/C14H10Br3F/c15-11-5-1-9(2-6-11)13(16)14(17)10-3-7-12(18)8-4-10/h1-8,13-14H/t13-,14+/m1/s1. The average Bonchev–Trinajstić information content (AvgIpc) is 2.39. The predicted molar refractivity (Wildman–Crippen MR) is 83.9 cm³/mol. The summed E-state index contributed by atoms with van der Waals surface area (Å²) in [6, 6.07) is 14.7. The van der Waals surface area contributed by atoms with E-state index in [0.717, 1.165) is 10.0 Å². The number of benzene rings is 2. The Hall–Kier alpha value is -0.190. The first-order chi connectivity index (χ1) is 8.58. The first-order valence-corrected chi connectivity index (χ1v) is 7.99. The molecular weight excluding hydrogens is 427 g/mol. The second-order valence-electron chi connectivity index (χ2n) is 3.91. The monoisotopic (exact) mass is 434 g/mol. The SMILES string of the molecule is Fc1ccc([C@H](Br)[C@H](Br)c2ccc(Br)cc2)cc1. The summed E-state index contributed by atoms with van der Waals surface area (Å²) >= 11 is 10.7. The van der Waals surface area contributed by atoms with E-state index in [0.29, 0.717) is 0 Å². The largest absolute Gasteiger partial charge is 0.207 e. The maximum atomic E-state index is 12.9. The maximum absolute atomic E-state index is 12.9. The fourth-order valence-electron chi connectivity index (χ4n) is 1.63. The molecule has 4 heteroatoms. The minimum atomic E-state index is -0.215. The normalized spacial score (nSPS) is 14.2. The molecule has 0 radical (unpaired) electrons. The van der Waals surface area contributed by atoms with Gasteiger partial charge < -0.3 is 0 Å².